The van der Waals surface area contributed by atoms with E-state index >= 15 is 0 Å². The van der Waals surface area contributed by atoms with Crippen LogP contribution in [-0.4, -0.2) is 81.1 Å². The van der Waals surface area contributed by atoms with Crippen molar-refractivity contribution in [2.24, 2.45) is 11.3 Å². The minimum absolute atomic E-state index is 0.0259. The molecule has 0 bridgehead atoms. The Kier molecular flexibility index (Phi) is 13.0. The number of aliphatic hydroxyl groups is 1. The van der Waals surface area contributed by atoms with Gasteiger partial charge in [0.05, 0.1) is 30.2 Å². The largest absolute Gasteiger partial charge is 0.497 e. The number of sulfonamides is 1. The number of benzene rings is 2. The number of nitrogens with one attached hydrogen (secondary N) is 3. The smallest absolute Gasteiger partial charge is 0.243 e. The van der Waals surface area contributed by atoms with Gasteiger partial charge in [0.1, 0.15) is 11.8 Å². The summed E-state index contributed by atoms with van der Waals surface area (Å²) < 4.78 is 33.8. The Labute approximate surface area is 251 Å². The Balaban J connectivity index is 2.41. The summed E-state index contributed by atoms with van der Waals surface area (Å²) in [6.07, 6.45) is -1.00. The van der Waals surface area contributed by atoms with Crippen LogP contribution >= 0.6 is 0 Å². The van der Waals surface area contributed by atoms with Gasteiger partial charge in [0.15, 0.2) is 0 Å². The standard InChI is InChI=1S/C31H48N4O6S/c1-21(2)19-35(42(39,40)25-16-14-24(41-8)15-17-25)20-27(36)26(18-23-12-10-9-11-13-23)33-30(38)28(31(4,5)6)34-29(37)22(3)32-7/h9-17,21-22,26-28,32,36H,18-20H2,1-8H3,(H,33,38)(H,34,37). The summed E-state index contributed by atoms with van der Waals surface area (Å²) >= 11 is 0. The van der Waals surface area contributed by atoms with Gasteiger partial charge >= 0.3 is 0 Å². The zero-order valence-corrected chi connectivity index (χ0v) is 26.9. The molecule has 2 amide bonds. The fourth-order valence-electron chi connectivity index (χ4n) is 4.40. The first-order chi connectivity index (χ1) is 19.6. The molecule has 0 aromatic heterocycles. The Morgan fingerprint density at radius 3 is 2.02 bits per heavy atom. The lowest BCUT2D eigenvalue weighted by Crippen LogP contribution is -2.60. The molecule has 4 atom stereocenters. The molecule has 2 aromatic rings. The fourth-order valence-corrected chi connectivity index (χ4v) is 6.02. The van der Waals surface area contributed by atoms with Crippen LogP contribution < -0.4 is 20.7 Å². The number of hydrogen-bond donors (Lipinski definition) is 4. The summed E-state index contributed by atoms with van der Waals surface area (Å²) in [5.74, 6) is -0.296. The van der Waals surface area contributed by atoms with Crippen LogP contribution in [0.25, 0.3) is 0 Å². The van der Waals surface area contributed by atoms with Crippen molar-refractivity contribution in [3.63, 3.8) is 0 Å². The van der Waals surface area contributed by atoms with Gasteiger partial charge < -0.3 is 25.8 Å². The molecule has 0 aliphatic rings. The van der Waals surface area contributed by atoms with Crippen LogP contribution in [0.2, 0.25) is 0 Å². The van der Waals surface area contributed by atoms with E-state index in [1.165, 1.54) is 23.5 Å². The van der Waals surface area contributed by atoms with Gasteiger partial charge in [0.2, 0.25) is 21.8 Å². The van der Waals surface area contributed by atoms with Crippen molar-refractivity contribution >= 4 is 21.8 Å². The van der Waals surface area contributed by atoms with Crippen LogP contribution in [0.5, 0.6) is 5.75 Å². The van der Waals surface area contributed by atoms with E-state index in [2.05, 4.69) is 16.0 Å². The molecule has 0 aliphatic heterocycles. The highest BCUT2D eigenvalue weighted by Gasteiger charge is 2.37. The Bertz CT molecular complexity index is 1250. The van der Waals surface area contributed by atoms with Crippen molar-refractivity contribution in [1.82, 2.24) is 20.3 Å². The molecule has 42 heavy (non-hydrogen) atoms. The van der Waals surface area contributed by atoms with E-state index < -0.39 is 45.6 Å². The fraction of sp³-hybridized carbons (Fsp3) is 0.548. The van der Waals surface area contributed by atoms with Crippen LogP contribution in [0.4, 0.5) is 0 Å². The molecular formula is C31H48N4O6S. The number of methoxy groups -OCH3 is 1. The van der Waals surface area contributed by atoms with Gasteiger partial charge in [-0.3, -0.25) is 9.59 Å². The van der Waals surface area contributed by atoms with Crippen molar-refractivity contribution in [3.8, 4) is 5.75 Å². The second kappa shape index (κ2) is 15.5. The maximum Gasteiger partial charge on any atom is 0.243 e. The molecule has 11 heteroatoms. The third-order valence-corrected chi connectivity index (χ3v) is 8.83. The molecule has 4 unspecified atom stereocenters. The number of ether oxygens (including phenoxy) is 1. The van der Waals surface area contributed by atoms with Gasteiger partial charge in [-0.25, -0.2) is 8.42 Å². The number of carbonyl (C=O) groups is 2. The van der Waals surface area contributed by atoms with E-state index in [9.17, 15) is 23.1 Å². The monoisotopic (exact) mass is 604 g/mol. The molecule has 4 N–H and O–H groups in total. The lowest BCUT2D eigenvalue weighted by Gasteiger charge is -2.35. The van der Waals surface area contributed by atoms with Crippen LogP contribution in [0.3, 0.4) is 0 Å². The van der Waals surface area contributed by atoms with E-state index in [-0.39, 0.29) is 36.2 Å². The van der Waals surface area contributed by atoms with Crippen LogP contribution in [0.1, 0.15) is 47.1 Å². The van der Waals surface area contributed by atoms with Crippen LogP contribution in [0.15, 0.2) is 59.5 Å². The Hall–Kier alpha value is -2.99. The summed E-state index contributed by atoms with van der Waals surface area (Å²) in [4.78, 5) is 26.5. The molecule has 0 saturated heterocycles. The highest BCUT2D eigenvalue weighted by molar-refractivity contribution is 7.89. The van der Waals surface area contributed by atoms with Crippen molar-refractivity contribution in [2.45, 2.75) is 77.1 Å². The van der Waals surface area contributed by atoms with E-state index in [0.29, 0.717) is 5.75 Å². The molecule has 0 aliphatic carbocycles. The summed E-state index contributed by atoms with van der Waals surface area (Å²) in [6.45, 7) is 10.9. The molecular weight excluding hydrogens is 556 g/mol. The minimum atomic E-state index is -3.98. The zero-order chi connectivity index (χ0) is 31.7. The third kappa shape index (κ3) is 10.1. The summed E-state index contributed by atoms with van der Waals surface area (Å²) in [7, 11) is -0.817. The molecule has 10 nitrogen and oxygen atoms in total. The zero-order valence-electron chi connectivity index (χ0n) is 26.0. The molecule has 0 heterocycles. The molecule has 0 spiro atoms. The molecule has 234 valence electrons. The van der Waals surface area contributed by atoms with E-state index in [0.717, 1.165) is 5.56 Å². The summed E-state index contributed by atoms with van der Waals surface area (Å²) in [6, 6.07) is 13.2. The third-order valence-electron chi connectivity index (χ3n) is 6.99. The van der Waals surface area contributed by atoms with Crippen LogP contribution in [0, 0.1) is 11.3 Å². The molecule has 0 radical (unpaired) electrons. The lowest BCUT2D eigenvalue weighted by atomic mass is 9.85. The predicted octanol–water partition coefficient (Wildman–Crippen LogP) is 2.57. The highest BCUT2D eigenvalue weighted by atomic mass is 32.2. The van der Waals surface area contributed by atoms with Gasteiger partial charge in [-0.05, 0) is 61.6 Å². The lowest BCUT2D eigenvalue weighted by molar-refractivity contribution is -0.133. The SMILES string of the molecule is CNC(C)C(=O)NC(C(=O)NC(Cc1ccccc1)C(O)CN(CC(C)C)S(=O)(=O)c1ccc(OC)cc1)C(C)(C)C. The minimum Gasteiger partial charge on any atom is -0.497 e. The van der Waals surface area contributed by atoms with Gasteiger partial charge in [-0.2, -0.15) is 4.31 Å². The molecule has 0 saturated carbocycles. The number of likely N-dealkylation sites (N-methyl/N-ethyl adjacent to an activating group) is 1. The number of nitrogens with zero attached hydrogens (tertiary/aromatic N) is 1. The van der Waals surface area contributed by atoms with Gasteiger partial charge in [0.25, 0.3) is 0 Å². The van der Waals surface area contributed by atoms with Crippen molar-refractivity contribution in [1.29, 1.82) is 0 Å². The van der Waals surface area contributed by atoms with Crippen molar-refractivity contribution < 1.29 is 27.9 Å². The van der Waals surface area contributed by atoms with Crippen molar-refractivity contribution in [3.05, 3.63) is 60.2 Å². The first kappa shape index (κ1) is 35.2. The van der Waals surface area contributed by atoms with Gasteiger partial charge in [0, 0.05) is 13.1 Å². The normalized spacial score (nSPS) is 15.1. The van der Waals surface area contributed by atoms with Crippen LogP contribution in [-0.2, 0) is 26.0 Å². The maximum absolute atomic E-state index is 13.7. The average Bonchev–Trinajstić information content (AvgIpc) is 2.94. The average molecular weight is 605 g/mol. The maximum atomic E-state index is 13.7. The Morgan fingerprint density at radius 2 is 1.52 bits per heavy atom. The second-order valence-electron chi connectivity index (χ2n) is 12.1. The number of rotatable bonds is 15. The first-order valence-electron chi connectivity index (χ1n) is 14.2. The first-order valence-corrected chi connectivity index (χ1v) is 15.7. The molecule has 2 rings (SSSR count). The molecule has 2 aromatic carbocycles. The predicted molar refractivity (Wildman–Crippen MR) is 165 cm³/mol. The topological polar surface area (TPSA) is 137 Å². The summed E-state index contributed by atoms with van der Waals surface area (Å²) in [5.41, 5.74) is 0.215. The van der Waals surface area contributed by atoms with Gasteiger partial charge in [-0.1, -0.05) is 65.0 Å². The van der Waals surface area contributed by atoms with Crippen molar-refractivity contribution in [2.75, 3.05) is 27.2 Å². The molecule has 0 fully saturated rings. The number of carbonyl (C=O) groups excluding carboxylic acids is 2. The Morgan fingerprint density at radius 1 is 0.929 bits per heavy atom. The quantitative estimate of drug-likeness (QED) is 0.245. The number of amides is 2. The van der Waals surface area contributed by atoms with E-state index in [4.69, 9.17) is 4.74 Å². The highest BCUT2D eigenvalue weighted by Crippen LogP contribution is 2.23. The van der Waals surface area contributed by atoms with Gasteiger partial charge in [-0.15, -0.1) is 0 Å². The second-order valence-corrected chi connectivity index (χ2v) is 14.0. The van der Waals surface area contributed by atoms with E-state index in [1.54, 1.807) is 26.1 Å². The van der Waals surface area contributed by atoms with E-state index in [1.807, 2.05) is 65.0 Å². The number of aliphatic hydroxyl groups excluding tert-OH is 1. The number of hydrogen-bond acceptors (Lipinski definition) is 7. The summed E-state index contributed by atoms with van der Waals surface area (Å²) in [5, 5.41) is 20.2.